The largest absolute Gasteiger partial charge is 0.465 e. The van der Waals surface area contributed by atoms with E-state index in [4.69, 9.17) is 13.8 Å². The summed E-state index contributed by atoms with van der Waals surface area (Å²) in [5.74, 6) is 1.35. The zero-order chi connectivity index (χ0) is 15.7. The molecule has 3 aromatic rings. The molecule has 3 heterocycles. The van der Waals surface area contributed by atoms with E-state index in [1.807, 2.05) is 0 Å². The van der Waals surface area contributed by atoms with Gasteiger partial charge in [-0.3, -0.25) is 0 Å². The van der Waals surface area contributed by atoms with E-state index in [1.54, 1.807) is 24.4 Å². The third kappa shape index (κ3) is 3.02. The summed E-state index contributed by atoms with van der Waals surface area (Å²) in [5, 5.41) is 9.11. The number of thiophene rings is 1. The summed E-state index contributed by atoms with van der Waals surface area (Å²) >= 11 is 1.11. The van der Waals surface area contributed by atoms with Crippen LogP contribution in [0.15, 0.2) is 30.8 Å². The average Bonchev–Trinajstić information content (AvgIpc) is 3.15. The number of nitrogens with zero attached hydrogens (tertiary/aromatic N) is 3. The number of hydrogen-bond donors (Lipinski definition) is 0. The minimum absolute atomic E-state index is 0.0112. The predicted molar refractivity (Wildman–Crippen MR) is 76.3 cm³/mol. The van der Waals surface area contributed by atoms with Gasteiger partial charge in [-0.25, -0.2) is 8.42 Å². The Hall–Kier alpha value is -2.20. The lowest BCUT2D eigenvalue weighted by Gasteiger charge is -1.96. The molecule has 0 fully saturated rings. The second-order valence-corrected chi connectivity index (χ2v) is 7.60. The van der Waals surface area contributed by atoms with Gasteiger partial charge in [0.05, 0.1) is 5.56 Å². The summed E-state index contributed by atoms with van der Waals surface area (Å²) < 4.78 is 38.8. The van der Waals surface area contributed by atoms with E-state index in [-0.39, 0.29) is 22.5 Å². The van der Waals surface area contributed by atoms with Gasteiger partial charge in [0.2, 0.25) is 5.82 Å². The number of hydrogen-bond acceptors (Lipinski definition) is 9. The molecule has 0 saturated heterocycles. The van der Waals surface area contributed by atoms with Crippen LogP contribution in [0.1, 0.15) is 11.7 Å². The Balaban J connectivity index is 1.78. The van der Waals surface area contributed by atoms with Gasteiger partial charge in [-0.15, -0.1) is 11.3 Å². The van der Waals surface area contributed by atoms with Crippen molar-refractivity contribution in [3.05, 3.63) is 29.2 Å². The van der Waals surface area contributed by atoms with Gasteiger partial charge < -0.3 is 13.8 Å². The molecule has 0 saturated carbocycles. The van der Waals surface area contributed by atoms with Crippen LogP contribution in [0, 0.1) is 6.92 Å². The third-order valence-corrected chi connectivity index (χ3v) is 5.42. The summed E-state index contributed by atoms with van der Waals surface area (Å²) in [7, 11) is -3.34. The van der Waals surface area contributed by atoms with Crippen LogP contribution >= 0.6 is 11.3 Å². The van der Waals surface area contributed by atoms with Crippen molar-refractivity contribution in [3.8, 4) is 17.3 Å². The first-order valence-corrected chi connectivity index (χ1v) is 8.87. The van der Waals surface area contributed by atoms with Crippen LogP contribution in [0.2, 0.25) is 0 Å². The molecule has 0 bridgehead atoms. The molecule has 8 nitrogen and oxygen atoms in total. The summed E-state index contributed by atoms with van der Waals surface area (Å²) in [6.45, 7) is 1.76. The second-order valence-electron chi connectivity index (χ2n) is 4.47. The van der Waals surface area contributed by atoms with Gasteiger partial charge in [-0.2, -0.15) is 4.98 Å². The molecule has 10 heteroatoms. The average molecular weight is 341 g/mol. The Morgan fingerprint density at radius 1 is 1.32 bits per heavy atom. The molecular weight excluding hydrogens is 330 g/mol. The Labute approximate surface area is 129 Å². The minimum atomic E-state index is -3.34. The summed E-state index contributed by atoms with van der Waals surface area (Å²) in [4.78, 5) is 4.13. The maximum Gasteiger partial charge on any atom is 0.264 e. The molecule has 3 rings (SSSR count). The quantitative estimate of drug-likeness (QED) is 0.694. The van der Waals surface area contributed by atoms with Crippen molar-refractivity contribution < 1.29 is 22.2 Å². The molecule has 22 heavy (non-hydrogen) atoms. The molecule has 0 aliphatic rings. The van der Waals surface area contributed by atoms with Crippen molar-refractivity contribution in [2.75, 3.05) is 6.26 Å². The molecule has 0 N–H and O–H groups in total. The van der Waals surface area contributed by atoms with Crippen LogP contribution in [-0.2, 0) is 16.4 Å². The molecule has 3 aromatic heterocycles. The molecule has 0 spiro atoms. The number of aryl methyl sites for hydroxylation is 1. The molecule has 0 aromatic carbocycles. The molecule has 0 atom stereocenters. The van der Waals surface area contributed by atoms with Crippen molar-refractivity contribution >= 4 is 21.2 Å². The minimum Gasteiger partial charge on any atom is -0.465 e. The van der Waals surface area contributed by atoms with Crippen molar-refractivity contribution in [3.63, 3.8) is 0 Å². The first kappa shape index (κ1) is 14.7. The zero-order valence-corrected chi connectivity index (χ0v) is 13.3. The molecule has 0 aliphatic heterocycles. The Morgan fingerprint density at radius 3 is 2.82 bits per heavy atom. The Morgan fingerprint density at radius 2 is 2.14 bits per heavy atom. The molecule has 0 unspecified atom stereocenters. The second kappa shape index (κ2) is 5.54. The highest BCUT2D eigenvalue weighted by Crippen LogP contribution is 2.30. The highest BCUT2D eigenvalue weighted by Gasteiger charge is 2.20. The normalized spacial score (nSPS) is 11.7. The Kier molecular flexibility index (Phi) is 3.71. The number of sulfone groups is 1. The van der Waals surface area contributed by atoms with E-state index < -0.39 is 9.84 Å². The maximum atomic E-state index is 11.7. The predicted octanol–water partition coefficient (Wildman–Crippen LogP) is 2.08. The molecule has 0 amide bonds. The first-order chi connectivity index (χ1) is 10.4. The van der Waals surface area contributed by atoms with Gasteiger partial charge in [0, 0.05) is 12.3 Å². The lowest BCUT2D eigenvalue weighted by Crippen LogP contribution is -1.97. The monoisotopic (exact) mass is 341 g/mol. The lowest BCUT2D eigenvalue weighted by atomic mass is 10.3. The van der Waals surface area contributed by atoms with E-state index >= 15 is 0 Å². The van der Waals surface area contributed by atoms with E-state index in [1.165, 1.54) is 0 Å². The summed E-state index contributed by atoms with van der Waals surface area (Å²) in [5.41, 5.74) is 0.416. The zero-order valence-electron chi connectivity index (χ0n) is 11.6. The van der Waals surface area contributed by atoms with Gasteiger partial charge in [-0.1, -0.05) is 5.16 Å². The van der Waals surface area contributed by atoms with Crippen LogP contribution < -0.4 is 4.74 Å². The maximum absolute atomic E-state index is 11.7. The SMILES string of the molecule is Cc1cc(OCc2nc(-c3ccsc3S(C)(=O)=O)no2)no1. The van der Waals surface area contributed by atoms with E-state index in [0.717, 1.165) is 17.6 Å². The van der Waals surface area contributed by atoms with Crippen LogP contribution in [0.4, 0.5) is 0 Å². The van der Waals surface area contributed by atoms with E-state index in [9.17, 15) is 8.42 Å². The van der Waals surface area contributed by atoms with Gasteiger partial charge in [0.1, 0.15) is 9.97 Å². The van der Waals surface area contributed by atoms with Crippen LogP contribution in [0.3, 0.4) is 0 Å². The standard InChI is InChI=1S/C12H11N3O5S2/c1-7-5-9(14-19-7)18-6-10-13-11(15-20-10)8-3-4-21-12(8)22(2,16)17/h3-5H,6H2,1-2H3. The van der Waals surface area contributed by atoms with Crippen molar-refractivity contribution in [1.29, 1.82) is 0 Å². The van der Waals surface area contributed by atoms with E-state index in [0.29, 0.717) is 17.2 Å². The van der Waals surface area contributed by atoms with Gasteiger partial charge in [-0.05, 0) is 23.5 Å². The van der Waals surface area contributed by atoms with Gasteiger partial charge in [0.15, 0.2) is 16.4 Å². The van der Waals surface area contributed by atoms with Gasteiger partial charge in [0.25, 0.3) is 11.8 Å². The van der Waals surface area contributed by atoms with Crippen LogP contribution in [-0.4, -0.2) is 30.0 Å². The number of rotatable bonds is 5. The molecule has 0 radical (unpaired) electrons. The number of ether oxygens (including phenoxy) is 1. The first-order valence-electron chi connectivity index (χ1n) is 6.10. The highest BCUT2D eigenvalue weighted by atomic mass is 32.2. The molecule has 0 aliphatic carbocycles. The summed E-state index contributed by atoms with van der Waals surface area (Å²) in [6, 6.07) is 3.26. The fraction of sp³-hybridized carbons (Fsp3) is 0.250. The highest BCUT2D eigenvalue weighted by molar-refractivity contribution is 7.92. The summed E-state index contributed by atoms with van der Waals surface area (Å²) in [6.07, 6.45) is 1.14. The fourth-order valence-corrected chi connectivity index (χ4v) is 3.76. The third-order valence-electron chi connectivity index (χ3n) is 2.63. The molecular formula is C12H11N3O5S2. The van der Waals surface area contributed by atoms with Crippen LogP contribution in [0.5, 0.6) is 5.88 Å². The Bertz CT molecular complexity index is 893. The molecule has 116 valence electrons. The topological polar surface area (TPSA) is 108 Å². The van der Waals surface area contributed by atoms with Crippen molar-refractivity contribution in [2.24, 2.45) is 0 Å². The van der Waals surface area contributed by atoms with E-state index in [2.05, 4.69) is 15.3 Å². The lowest BCUT2D eigenvalue weighted by molar-refractivity contribution is 0.223. The number of aromatic nitrogens is 3. The van der Waals surface area contributed by atoms with Crippen LogP contribution in [0.25, 0.3) is 11.4 Å². The van der Waals surface area contributed by atoms with Crippen molar-refractivity contribution in [1.82, 2.24) is 15.3 Å². The smallest absolute Gasteiger partial charge is 0.264 e. The fourth-order valence-electron chi connectivity index (χ4n) is 1.72. The van der Waals surface area contributed by atoms with Gasteiger partial charge >= 0.3 is 0 Å². The van der Waals surface area contributed by atoms with Crippen molar-refractivity contribution in [2.45, 2.75) is 17.7 Å².